The van der Waals surface area contributed by atoms with Crippen molar-refractivity contribution in [2.24, 2.45) is 0 Å². The quantitative estimate of drug-likeness (QED) is 0.118. The molecule has 0 amide bonds. The number of aromatic nitrogens is 5. The Morgan fingerprint density at radius 1 is 0.534 bits per heavy atom. The van der Waals surface area contributed by atoms with Gasteiger partial charge in [0.2, 0.25) is 0 Å². The van der Waals surface area contributed by atoms with Gasteiger partial charge in [-0.05, 0) is 91.5 Å². The zero-order valence-electron chi connectivity index (χ0n) is 50.2. The van der Waals surface area contributed by atoms with Crippen molar-refractivity contribution >= 4 is 54.6 Å². The summed E-state index contributed by atoms with van der Waals surface area (Å²) in [6.45, 7) is 19.6. The van der Waals surface area contributed by atoms with Gasteiger partial charge in [0.05, 0.1) is 44.4 Å². The second kappa shape index (κ2) is 17.9. The fourth-order valence-corrected chi connectivity index (χ4v) is 9.82. The summed E-state index contributed by atoms with van der Waals surface area (Å²) in [7, 11) is 0. The normalized spacial score (nSPS) is 13.9. The Bertz CT molecular complexity index is 4470. The van der Waals surface area contributed by atoms with Crippen LogP contribution in [0.3, 0.4) is 0 Å². The Kier molecular flexibility index (Phi) is 9.57. The summed E-state index contributed by atoms with van der Waals surface area (Å²) in [5, 5.41) is 2.06. The number of rotatable bonds is 7. The predicted octanol–water partition coefficient (Wildman–Crippen LogP) is 16.2. The maximum atomic E-state index is 9.51. The molecule has 0 atom stereocenters. The van der Waals surface area contributed by atoms with Crippen molar-refractivity contribution in [3.8, 4) is 45.5 Å². The molecule has 4 heterocycles. The van der Waals surface area contributed by atoms with Crippen LogP contribution in [0.1, 0.15) is 90.0 Å². The van der Waals surface area contributed by atoms with E-state index in [2.05, 4.69) is 134 Å². The summed E-state index contributed by atoms with van der Waals surface area (Å²) in [5.74, 6) is 1.68. The maximum absolute atomic E-state index is 9.51. The molecular weight excluding hydrogens is 1070 g/mol. The van der Waals surface area contributed by atoms with Gasteiger partial charge in [0, 0.05) is 55.1 Å². The number of hydrogen-bond donors (Lipinski definition) is 0. The summed E-state index contributed by atoms with van der Waals surface area (Å²) in [6, 6.07) is 45.8. The predicted molar refractivity (Wildman–Crippen MR) is 296 cm³/mol. The molecule has 0 spiro atoms. The monoisotopic (exact) mass is 1140 g/mol. The summed E-state index contributed by atoms with van der Waals surface area (Å²) >= 11 is 0. The second-order valence-electron chi connectivity index (χ2n) is 21.6. The van der Waals surface area contributed by atoms with E-state index in [4.69, 9.17) is 15.2 Å². The fourth-order valence-electron chi connectivity index (χ4n) is 9.82. The molecular formula is C66H57N5OPt-2. The van der Waals surface area contributed by atoms with Crippen LogP contribution in [0.25, 0.3) is 88.7 Å². The number of pyridine rings is 1. The molecule has 364 valence electrons. The molecule has 0 aliphatic rings. The van der Waals surface area contributed by atoms with Crippen molar-refractivity contribution in [3.63, 3.8) is 0 Å². The van der Waals surface area contributed by atoms with E-state index in [0.717, 1.165) is 61.0 Å². The molecule has 73 heavy (non-hydrogen) atoms. The zero-order chi connectivity index (χ0) is 56.6. The number of nitrogens with zero attached hydrogens (tertiary/aromatic N) is 5. The molecule has 6 nitrogen and oxygen atoms in total. The van der Waals surface area contributed by atoms with Crippen molar-refractivity contribution in [1.82, 2.24) is 18.7 Å². The molecule has 12 aromatic rings. The van der Waals surface area contributed by atoms with Crippen LogP contribution in [0.4, 0.5) is 0 Å². The van der Waals surface area contributed by atoms with Crippen LogP contribution in [0.2, 0.25) is 0 Å². The first-order valence-electron chi connectivity index (χ1n) is 28.3. The molecule has 0 aliphatic carbocycles. The third kappa shape index (κ3) is 8.36. The summed E-state index contributed by atoms with van der Waals surface area (Å²) < 4.78 is 87.3. The number of hydrogen-bond acceptors (Lipinski definition) is 2. The third-order valence-corrected chi connectivity index (χ3v) is 13.7. The maximum Gasteiger partial charge on any atom is 0.268 e. The number of benzene rings is 8. The molecule has 8 aromatic carbocycles. The van der Waals surface area contributed by atoms with Gasteiger partial charge in [0.15, 0.2) is 0 Å². The molecule has 0 fully saturated rings. The first-order chi connectivity index (χ1) is 37.9. The topological polar surface area (TPSA) is 40.8 Å². The number of ether oxygens (including phenoxy) is 1. The third-order valence-electron chi connectivity index (χ3n) is 13.7. The van der Waals surface area contributed by atoms with Crippen molar-refractivity contribution < 1.29 is 41.3 Å². The molecule has 0 bridgehead atoms. The van der Waals surface area contributed by atoms with Crippen molar-refractivity contribution in [3.05, 3.63) is 217 Å². The molecule has 4 aromatic heterocycles. The van der Waals surface area contributed by atoms with Crippen LogP contribution in [0, 0.1) is 18.5 Å². The molecule has 0 N–H and O–H groups in total. The fraction of sp³-hybridized carbons (Fsp3) is 0.182. The van der Waals surface area contributed by atoms with Gasteiger partial charge in [-0.25, -0.2) is 4.98 Å². The SMILES string of the molecule is [2H]c1c([2H])c([2H])c2c(c1[2H])c1c([2H])c([2H])c([2H])c([2H])c1n2-c1cccc(-c2cc(C(C)(C)C)cc(C(C)(C)C)c2)c1-[n+]1[c-]n(-c2[c-]c(Oc3[c-]c4c(cc3)c3ccccc3n4-c3cc(C(C)(C)C)ccn3)ccc2)c2ccccc21.[Pt]. The van der Waals surface area contributed by atoms with Crippen molar-refractivity contribution in [2.45, 2.75) is 78.6 Å². The van der Waals surface area contributed by atoms with Gasteiger partial charge in [-0.3, -0.25) is 4.57 Å². The second-order valence-corrected chi connectivity index (χ2v) is 21.6. The van der Waals surface area contributed by atoms with Gasteiger partial charge in [-0.2, -0.15) is 18.2 Å². The Morgan fingerprint density at radius 2 is 1.16 bits per heavy atom. The first-order valence-corrected chi connectivity index (χ1v) is 24.3. The molecule has 0 radical (unpaired) electrons. The van der Waals surface area contributed by atoms with E-state index in [1.807, 2.05) is 94.2 Å². The molecule has 0 saturated carbocycles. The van der Waals surface area contributed by atoms with Crippen LogP contribution in [-0.4, -0.2) is 18.7 Å². The average Bonchev–Trinajstić information content (AvgIpc) is 2.17. The molecule has 0 unspecified atom stereocenters. The van der Waals surface area contributed by atoms with E-state index >= 15 is 0 Å². The van der Waals surface area contributed by atoms with Crippen LogP contribution < -0.4 is 9.30 Å². The number of imidazole rings is 1. The van der Waals surface area contributed by atoms with E-state index in [-0.39, 0.29) is 71.2 Å². The van der Waals surface area contributed by atoms with Crippen LogP contribution in [0.5, 0.6) is 11.5 Å². The molecule has 0 saturated heterocycles. The average molecular weight is 1140 g/mol. The van der Waals surface area contributed by atoms with E-state index in [1.54, 1.807) is 4.57 Å². The minimum absolute atomic E-state index is 0. The minimum Gasteiger partial charge on any atom is -0.510 e. The van der Waals surface area contributed by atoms with Crippen LogP contribution in [-0.2, 0) is 37.3 Å². The summed E-state index contributed by atoms with van der Waals surface area (Å²) in [6.07, 6.45) is 5.55. The largest absolute Gasteiger partial charge is 0.510 e. The van der Waals surface area contributed by atoms with E-state index in [1.165, 1.54) is 0 Å². The molecule has 0 aliphatic heterocycles. The standard InChI is InChI=1S/C66H57N5O.Pt/c1-64(2,3)44-34-35-67-62(39-44)71-57-28-15-12-24-53(57)54-33-32-49(41-61(54)71)72-48-21-18-20-47(40-48)68-42-69(59-30-17-16-29-58(59)68)63-50(43-36-45(65(4,5)6)38-46(37-43)66(7,8)9)25-19-31-60(63)70-55-26-13-10-22-51(55)52-23-11-14-27-56(52)70;/h10-39H,1-9H3;/q-2;/i10D,11D,13D,14D,22D,23D,26D,27D;. The van der Waals surface area contributed by atoms with Gasteiger partial charge < -0.3 is 18.4 Å². The molecule has 12 rings (SSSR count). The van der Waals surface area contributed by atoms with Crippen molar-refractivity contribution in [2.75, 3.05) is 0 Å². The van der Waals surface area contributed by atoms with Gasteiger partial charge in [-0.15, -0.1) is 29.7 Å². The van der Waals surface area contributed by atoms with Crippen LogP contribution >= 0.6 is 0 Å². The Hall–Kier alpha value is -7.53. The Balaban J connectivity index is 0.00000690. The van der Waals surface area contributed by atoms with Gasteiger partial charge >= 0.3 is 0 Å². The van der Waals surface area contributed by atoms with Gasteiger partial charge in [0.25, 0.3) is 6.33 Å². The Morgan fingerprint density at radius 3 is 1.86 bits per heavy atom. The summed E-state index contributed by atoms with van der Waals surface area (Å²) in [5.41, 5.74) is 9.19. The minimum atomic E-state index is -0.509. The summed E-state index contributed by atoms with van der Waals surface area (Å²) in [4.78, 5) is 4.85. The van der Waals surface area contributed by atoms with Gasteiger partial charge in [-0.1, -0.05) is 177 Å². The zero-order valence-corrected chi connectivity index (χ0v) is 44.4. The van der Waals surface area contributed by atoms with Crippen LogP contribution in [0.15, 0.2) is 182 Å². The van der Waals surface area contributed by atoms with E-state index < -0.39 is 36.3 Å². The van der Waals surface area contributed by atoms with Crippen molar-refractivity contribution in [1.29, 1.82) is 0 Å². The number of para-hydroxylation sites is 6. The van der Waals surface area contributed by atoms with E-state index in [9.17, 15) is 5.48 Å². The number of fused-ring (bicyclic) bond motifs is 7. The first kappa shape index (κ1) is 39.1. The smallest absolute Gasteiger partial charge is 0.268 e. The molecule has 7 heteroatoms. The van der Waals surface area contributed by atoms with Gasteiger partial charge in [0.1, 0.15) is 5.82 Å². The van der Waals surface area contributed by atoms with E-state index in [0.29, 0.717) is 34.1 Å². The Labute approximate surface area is 453 Å².